The molecule has 25 heavy (non-hydrogen) atoms. The number of alkyl halides is 2. The maximum atomic E-state index is 12.5. The number of amides is 1. The summed E-state index contributed by atoms with van der Waals surface area (Å²) in [6, 6.07) is 8.82. The van der Waals surface area contributed by atoms with Crippen LogP contribution in [0.1, 0.15) is 31.8 Å². The van der Waals surface area contributed by atoms with E-state index >= 15 is 0 Å². The van der Waals surface area contributed by atoms with Gasteiger partial charge in [0, 0.05) is 5.69 Å². The first-order chi connectivity index (χ1) is 11.8. The Bertz CT molecular complexity index is 806. The van der Waals surface area contributed by atoms with Gasteiger partial charge < -0.3 is 14.8 Å². The van der Waals surface area contributed by atoms with Crippen molar-refractivity contribution in [2.75, 3.05) is 12.4 Å². The number of methoxy groups -OCH3 is 1. The van der Waals surface area contributed by atoms with E-state index in [1.54, 1.807) is 19.9 Å². The first-order valence-corrected chi connectivity index (χ1v) is 7.38. The highest BCUT2D eigenvalue weighted by molar-refractivity contribution is 6.06. The lowest BCUT2D eigenvalue weighted by Crippen LogP contribution is -2.16. The zero-order valence-electron chi connectivity index (χ0n) is 13.9. The Morgan fingerprint density at radius 3 is 2.40 bits per heavy atom. The Hall–Kier alpha value is -2.96. The van der Waals surface area contributed by atoms with Gasteiger partial charge in [-0.2, -0.15) is 8.78 Å². The lowest BCUT2D eigenvalue weighted by molar-refractivity contribution is -0.0501. The van der Waals surface area contributed by atoms with Crippen LogP contribution in [0.4, 0.5) is 14.5 Å². The molecule has 0 fully saturated rings. The number of anilines is 1. The van der Waals surface area contributed by atoms with Gasteiger partial charge in [-0.3, -0.25) is 4.79 Å². The third-order valence-electron chi connectivity index (χ3n) is 3.68. The molecule has 0 heterocycles. The normalized spacial score (nSPS) is 10.5. The second-order valence-electron chi connectivity index (χ2n) is 5.29. The van der Waals surface area contributed by atoms with Crippen LogP contribution in [0.5, 0.6) is 5.75 Å². The monoisotopic (exact) mass is 349 g/mol. The highest BCUT2D eigenvalue weighted by Crippen LogP contribution is 2.24. The van der Waals surface area contributed by atoms with Crippen LogP contribution >= 0.6 is 0 Å². The van der Waals surface area contributed by atoms with Crippen LogP contribution in [0.2, 0.25) is 0 Å². The van der Waals surface area contributed by atoms with Gasteiger partial charge in [0.25, 0.3) is 5.91 Å². The second kappa shape index (κ2) is 7.74. The molecule has 0 aliphatic rings. The number of rotatable bonds is 5. The molecule has 1 amide bonds. The van der Waals surface area contributed by atoms with Crippen LogP contribution in [0, 0.1) is 13.8 Å². The van der Waals surface area contributed by atoms with Crippen LogP contribution in [0.3, 0.4) is 0 Å². The summed E-state index contributed by atoms with van der Waals surface area (Å²) >= 11 is 0. The molecule has 2 aromatic carbocycles. The van der Waals surface area contributed by atoms with Crippen molar-refractivity contribution in [2.45, 2.75) is 20.5 Å². The molecule has 0 unspecified atom stereocenters. The predicted molar refractivity (Wildman–Crippen MR) is 88.3 cm³/mol. The number of nitrogens with one attached hydrogen (secondary N) is 1. The summed E-state index contributed by atoms with van der Waals surface area (Å²) in [4.78, 5) is 24.2. The van der Waals surface area contributed by atoms with Crippen LogP contribution < -0.4 is 10.1 Å². The molecule has 0 aliphatic carbocycles. The van der Waals surface area contributed by atoms with Crippen molar-refractivity contribution in [2.24, 2.45) is 0 Å². The van der Waals surface area contributed by atoms with Gasteiger partial charge in [-0.1, -0.05) is 12.1 Å². The molecular weight excluding hydrogens is 332 g/mol. The Morgan fingerprint density at radius 2 is 1.76 bits per heavy atom. The fourth-order valence-electron chi connectivity index (χ4n) is 2.30. The fraction of sp³-hybridized carbons (Fsp3) is 0.222. The van der Waals surface area contributed by atoms with Crippen molar-refractivity contribution in [3.8, 4) is 5.75 Å². The van der Waals surface area contributed by atoms with E-state index in [0.29, 0.717) is 11.3 Å². The number of benzene rings is 2. The number of ether oxygens (including phenoxy) is 2. The maximum absolute atomic E-state index is 12.5. The average molecular weight is 349 g/mol. The number of halogens is 2. The molecule has 5 nitrogen and oxygen atoms in total. The summed E-state index contributed by atoms with van der Waals surface area (Å²) in [6.07, 6.45) is 0. The first kappa shape index (κ1) is 18.4. The molecular formula is C18H17F2NO4. The number of carbonyl (C=O) groups is 2. The lowest BCUT2D eigenvalue weighted by atomic mass is 10.0. The summed E-state index contributed by atoms with van der Waals surface area (Å²) in [6.45, 7) is 0.506. The lowest BCUT2D eigenvalue weighted by Gasteiger charge is -2.13. The smallest absolute Gasteiger partial charge is 0.387 e. The van der Waals surface area contributed by atoms with E-state index in [-0.39, 0.29) is 11.3 Å². The van der Waals surface area contributed by atoms with Crippen molar-refractivity contribution in [1.29, 1.82) is 0 Å². The number of esters is 1. The fourth-order valence-corrected chi connectivity index (χ4v) is 2.30. The van der Waals surface area contributed by atoms with E-state index in [2.05, 4.69) is 10.1 Å². The summed E-state index contributed by atoms with van der Waals surface area (Å²) in [5.74, 6) is -1.39. The van der Waals surface area contributed by atoms with Crippen LogP contribution in [-0.2, 0) is 4.74 Å². The van der Waals surface area contributed by atoms with Gasteiger partial charge in [0.15, 0.2) is 0 Å². The average Bonchev–Trinajstić information content (AvgIpc) is 2.57. The van der Waals surface area contributed by atoms with Crippen molar-refractivity contribution in [1.82, 2.24) is 0 Å². The number of para-hydroxylation sites is 1. The summed E-state index contributed by atoms with van der Waals surface area (Å²) < 4.78 is 34.0. The molecule has 0 atom stereocenters. The summed E-state index contributed by atoms with van der Waals surface area (Å²) in [5, 5.41) is 2.59. The molecule has 0 bridgehead atoms. The number of hydrogen-bond donors (Lipinski definition) is 1. The van der Waals surface area contributed by atoms with E-state index in [1.807, 2.05) is 0 Å². The molecule has 0 aliphatic heterocycles. The van der Waals surface area contributed by atoms with E-state index in [4.69, 9.17) is 4.74 Å². The third kappa shape index (κ3) is 4.32. The van der Waals surface area contributed by atoms with Crippen LogP contribution in [0.15, 0.2) is 36.4 Å². The Labute approximate surface area is 143 Å². The highest BCUT2D eigenvalue weighted by Gasteiger charge is 2.17. The van der Waals surface area contributed by atoms with Gasteiger partial charge in [0.2, 0.25) is 0 Å². The minimum atomic E-state index is -3.04. The topological polar surface area (TPSA) is 64.6 Å². The molecule has 7 heteroatoms. The van der Waals surface area contributed by atoms with Crippen LogP contribution in [0.25, 0.3) is 0 Å². The Morgan fingerprint density at radius 1 is 1.08 bits per heavy atom. The van der Waals surface area contributed by atoms with E-state index in [1.165, 1.54) is 37.4 Å². The summed E-state index contributed by atoms with van der Waals surface area (Å²) in [5.41, 5.74) is 2.12. The van der Waals surface area contributed by atoms with Gasteiger partial charge in [-0.15, -0.1) is 0 Å². The zero-order valence-corrected chi connectivity index (χ0v) is 13.9. The van der Waals surface area contributed by atoms with Gasteiger partial charge in [-0.05, 0) is 49.2 Å². The quantitative estimate of drug-likeness (QED) is 0.831. The van der Waals surface area contributed by atoms with E-state index in [0.717, 1.165) is 11.1 Å². The van der Waals surface area contributed by atoms with Gasteiger partial charge in [0.05, 0.1) is 18.2 Å². The molecule has 0 saturated carbocycles. The first-order valence-electron chi connectivity index (χ1n) is 7.38. The summed E-state index contributed by atoms with van der Waals surface area (Å²) in [7, 11) is 1.26. The SMILES string of the molecule is COC(=O)c1cc(NC(=O)c2ccccc2OC(F)F)cc(C)c1C. The van der Waals surface area contributed by atoms with E-state index in [9.17, 15) is 18.4 Å². The van der Waals surface area contributed by atoms with E-state index < -0.39 is 18.5 Å². The van der Waals surface area contributed by atoms with Gasteiger partial charge in [-0.25, -0.2) is 4.79 Å². The molecule has 1 N–H and O–H groups in total. The molecule has 0 radical (unpaired) electrons. The van der Waals surface area contributed by atoms with Gasteiger partial charge >= 0.3 is 12.6 Å². The largest absolute Gasteiger partial charge is 0.465 e. The minimum absolute atomic E-state index is 0.0411. The third-order valence-corrected chi connectivity index (χ3v) is 3.68. The minimum Gasteiger partial charge on any atom is -0.465 e. The Kier molecular flexibility index (Phi) is 5.69. The molecule has 132 valence electrons. The number of aryl methyl sites for hydroxylation is 1. The molecule has 2 aromatic rings. The van der Waals surface area contributed by atoms with Gasteiger partial charge in [0.1, 0.15) is 5.75 Å². The van der Waals surface area contributed by atoms with Crippen LogP contribution in [-0.4, -0.2) is 25.6 Å². The predicted octanol–water partition coefficient (Wildman–Crippen LogP) is 3.94. The van der Waals surface area contributed by atoms with Crippen molar-refractivity contribution in [3.05, 3.63) is 58.7 Å². The molecule has 2 rings (SSSR count). The molecule has 0 aromatic heterocycles. The second-order valence-corrected chi connectivity index (χ2v) is 5.29. The number of hydrogen-bond acceptors (Lipinski definition) is 4. The number of carbonyl (C=O) groups excluding carboxylic acids is 2. The van der Waals surface area contributed by atoms with Crippen molar-refractivity contribution >= 4 is 17.6 Å². The Balaban J connectivity index is 2.33. The molecule has 0 saturated heterocycles. The van der Waals surface area contributed by atoms with Crippen molar-refractivity contribution in [3.63, 3.8) is 0 Å². The zero-order chi connectivity index (χ0) is 18.6. The standard InChI is InChI=1S/C18H17F2NO4/c1-10-8-12(9-14(11(10)2)17(23)24-3)21-16(22)13-6-4-5-7-15(13)25-18(19)20/h4-9,18H,1-3H3,(H,21,22). The maximum Gasteiger partial charge on any atom is 0.387 e. The van der Waals surface area contributed by atoms with Crippen molar-refractivity contribution < 1.29 is 27.8 Å². The molecule has 0 spiro atoms. The highest BCUT2D eigenvalue weighted by atomic mass is 19.3.